The largest absolute Gasteiger partial charge is 0.495 e. The summed E-state index contributed by atoms with van der Waals surface area (Å²) < 4.78 is 7.15. The van der Waals surface area contributed by atoms with Gasteiger partial charge in [-0.15, -0.1) is 0 Å². The van der Waals surface area contributed by atoms with E-state index in [2.05, 4.69) is 0 Å². The van der Waals surface area contributed by atoms with Gasteiger partial charge in [0.15, 0.2) is 0 Å². The van der Waals surface area contributed by atoms with Crippen LogP contribution in [0.4, 0.5) is 0 Å². The maximum Gasteiger partial charge on any atom is 0.305 e. The van der Waals surface area contributed by atoms with Crippen molar-refractivity contribution in [2.75, 3.05) is 7.11 Å². The Hall–Kier alpha value is -1.97. The number of aliphatic carboxylic acids is 1. The minimum atomic E-state index is -0.795. The van der Waals surface area contributed by atoms with Crippen LogP contribution in [0.5, 0.6) is 5.75 Å². The zero-order valence-electron chi connectivity index (χ0n) is 9.01. The van der Waals surface area contributed by atoms with Gasteiger partial charge in [0.05, 0.1) is 19.0 Å². The molecule has 0 atom stereocenters. The van der Waals surface area contributed by atoms with Crippen LogP contribution in [-0.4, -0.2) is 22.8 Å². The SMILES string of the molecule is COc1cn(CCC(=O)O)c2ccccc12. The smallest absolute Gasteiger partial charge is 0.305 e. The van der Waals surface area contributed by atoms with Crippen molar-refractivity contribution in [3.63, 3.8) is 0 Å². The van der Waals surface area contributed by atoms with Crippen LogP contribution >= 0.6 is 0 Å². The van der Waals surface area contributed by atoms with Crippen LogP contribution in [0.1, 0.15) is 6.42 Å². The molecule has 0 bridgehead atoms. The van der Waals surface area contributed by atoms with Crippen molar-refractivity contribution in [2.45, 2.75) is 13.0 Å². The van der Waals surface area contributed by atoms with Crippen molar-refractivity contribution >= 4 is 16.9 Å². The van der Waals surface area contributed by atoms with Crippen LogP contribution in [0.2, 0.25) is 0 Å². The molecule has 0 saturated heterocycles. The second kappa shape index (κ2) is 4.26. The Labute approximate surface area is 93.1 Å². The van der Waals surface area contributed by atoms with Crippen LogP contribution in [0, 0.1) is 0 Å². The molecule has 0 unspecified atom stereocenters. The molecule has 16 heavy (non-hydrogen) atoms. The topological polar surface area (TPSA) is 51.5 Å². The van der Waals surface area contributed by atoms with Gasteiger partial charge in [0.2, 0.25) is 0 Å². The average molecular weight is 219 g/mol. The summed E-state index contributed by atoms with van der Waals surface area (Å²) in [5.41, 5.74) is 1.00. The summed E-state index contributed by atoms with van der Waals surface area (Å²) >= 11 is 0. The number of aromatic nitrogens is 1. The number of rotatable bonds is 4. The molecule has 0 spiro atoms. The molecule has 0 aliphatic carbocycles. The lowest BCUT2D eigenvalue weighted by Gasteiger charge is -2.01. The normalized spacial score (nSPS) is 10.6. The fourth-order valence-corrected chi connectivity index (χ4v) is 1.78. The zero-order chi connectivity index (χ0) is 11.5. The molecule has 1 aromatic heterocycles. The number of benzene rings is 1. The molecular formula is C12H13NO3. The Morgan fingerprint density at radius 1 is 1.44 bits per heavy atom. The molecular weight excluding hydrogens is 206 g/mol. The third kappa shape index (κ3) is 1.86. The fourth-order valence-electron chi connectivity index (χ4n) is 1.78. The summed E-state index contributed by atoms with van der Waals surface area (Å²) in [6, 6.07) is 7.79. The lowest BCUT2D eigenvalue weighted by Crippen LogP contribution is -2.03. The quantitative estimate of drug-likeness (QED) is 0.856. The number of hydrogen-bond donors (Lipinski definition) is 1. The second-order valence-corrected chi connectivity index (χ2v) is 3.55. The van der Waals surface area contributed by atoms with E-state index in [0.717, 1.165) is 16.7 Å². The van der Waals surface area contributed by atoms with E-state index in [0.29, 0.717) is 6.54 Å². The highest BCUT2D eigenvalue weighted by Crippen LogP contribution is 2.27. The highest BCUT2D eigenvalue weighted by molar-refractivity contribution is 5.86. The number of nitrogens with zero attached hydrogens (tertiary/aromatic N) is 1. The van der Waals surface area contributed by atoms with Gasteiger partial charge in [-0.3, -0.25) is 4.79 Å². The highest BCUT2D eigenvalue weighted by Gasteiger charge is 2.08. The number of carbonyl (C=O) groups is 1. The number of fused-ring (bicyclic) bond motifs is 1. The van der Waals surface area contributed by atoms with Crippen LogP contribution in [-0.2, 0) is 11.3 Å². The number of carboxylic acids is 1. The number of hydrogen-bond acceptors (Lipinski definition) is 2. The first-order valence-electron chi connectivity index (χ1n) is 5.06. The predicted octanol–water partition coefficient (Wildman–Crippen LogP) is 2.12. The minimum Gasteiger partial charge on any atom is -0.495 e. The lowest BCUT2D eigenvalue weighted by atomic mass is 10.2. The van der Waals surface area contributed by atoms with Crippen molar-refractivity contribution in [2.24, 2.45) is 0 Å². The van der Waals surface area contributed by atoms with Crippen molar-refractivity contribution < 1.29 is 14.6 Å². The number of methoxy groups -OCH3 is 1. The third-order valence-corrected chi connectivity index (χ3v) is 2.54. The average Bonchev–Trinajstić information content (AvgIpc) is 2.65. The molecule has 0 radical (unpaired) electrons. The molecule has 2 rings (SSSR count). The summed E-state index contributed by atoms with van der Waals surface area (Å²) in [5, 5.41) is 9.68. The Bertz CT molecular complexity index is 516. The van der Waals surface area contributed by atoms with Gasteiger partial charge in [0, 0.05) is 18.1 Å². The third-order valence-electron chi connectivity index (χ3n) is 2.54. The number of aryl methyl sites for hydroxylation is 1. The summed E-state index contributed by atoms with van der Waals surface area (Å²) in [6.45, 7) is 0.458. The first kappa shape index (κ1) is 10.5. The molecule has 4 heteroatoms. The van der Waals surface area contributed by atoms with E-state index < -0.39 is 5.97 Å². The number of para-hydroxylation sites is 1. The monoisotopic (exact) mass is 219 g/mol. The summed E-state index contributed by atoms with van der Waals surface area (Å²) in [6.07, 6.45) is 1.95. The molecule has 0 fully saturated rings. The fraction of sp³-hybridized carbons (Fsp3) is 0.250. The molecule has 1 N–H and O–H groups in total. The van der Waals surface area contributed by atoms with Gasteiger partial charge in [-0.2, -0.15) is 0 Å². The van der Waals surface area contributed by atoms with Crippen LogP contribution in [0.3, 0.4) is 0 Å². The van der Waals surface area contributed by atoms with E-state index in [1.807, 2.05) is 35.0 Å². The molecule has 0 aliphatic heterocycles. The summed E-state index contributed by atoms with van der Waals surface area (Å²) in [4.78, 5) is 10.5. The Morgan fingerprint density at radius 2 is 2.19 bits per heavy atom. The molecule has 0 aliphatic rings. The van der Waals surface area contributed by atoms with Gasteiger partial charge in [0.1, 0.15) is 5.75 Å². The van der Waals surface area contributed by atoms with Crippen LogP contribution in [0.25, 0.3) is 10.9 Å². The van der Waals surface area contributed by atoms with Crippen molar-refractivity contribution in [1.29, 1.82) is 0 Å². The van der Waals surface area contributed by atoms with Gasteiger partial charge in [0.25, 0.3) is 0 Å². The standard InChI is InChI=1S/C12H13NO3/c1-16-11-8-13(7-6-12(14)15)10-5-3-2-4-9(10)11/h2-5,8H,6-7H2,1H3,(H,14,15). The van der Waals surface area contributed by atoms with Crippen molar-refractivity contribution in [1.82, 2.24) is 4.57 Å². The summed E-state index contributed by atoms with van der Waals surface area (Å²) in [5.74, 6) is -0.0160. The Morgan fingerprint density at radius 3 is 2.88 bits per heavy atom. The van der Waals surface area contributed by atoms with E-state index in [1.165, 1.54) is 0 Å². The first-order chi connectivity index (χ1) is 7.72. The van der Waals surface area contributed by atoms with E-state index in [-0.39, 0.29) is 6.42 Å². The molecule has 1 aromatic carbocycles. The van der Waals surface area contributed by atoms with Gasteiger partial charge >= 0.3 is 5.97 Å². The molecule has 2 aromatic rings. The zero-order valence-corrected chi connectivity index (χ0v) is 9.01. The molecule has 84 valence electrons. The highest BCUT2D eigenvalue weighted by atomic mass is 16.5. The molecule has 1 heterocycles. The van der Waals surface area contributed by atoms with Crippen molar-refractivity contribution in [3.8, 4) is 5.75 Å². The second-order valence-electron chi connectivity index (χ2n) is 3.55. The van der Waals surface area contributed by atoms with E-state index >= 15 is 0 Å². The van der Waals surface area contributed by atoms with E-state index in [4.69, 9.17) is 9.84 Å². The van der Waals surface area contributed by atoms with Gasteiger partial charge in [-0.25, -0.2) is 0 Å². The number of carboxylic acid groups (broad SMARTS) is 1. The van der Waals surface area contributed by atoms with Crippen LogP contribution in [0.15, 0.2) is 30.5 Å². The lowest BCUT2D eigenvalue weighted by molar-refractivity contribution is -0.137. The van der Waals surface area contributed by atoms with Crippen LogP contribution < -0.4 is 4.74 Å². The minimum absolute atomic E-state index is 0.113. The number of ether oxygens (including phenoxy) is 1. The van der Waals surface area contributed by atoms with Gasteiger partial charge < -0.3 is 14.4 Å². The Balaban J connectivity index is 2.41. The van der Waals surface area contributed by atoms with E-state index in [1.54, 1.807) is 7.11 Å². The Kier molecular flexibility index (Phi) is 2.81. The van der Waals surface area contributed by atoms with Gasteiger partial charge in [-0.05, 0) is 12.1 Å². The maximum absolute atomic E-state index is 10.5. The van der Waals surface area contributed by atoms with E-state index in [9.17, 15) is 4.79 Å². The van der Waals surface area contributed by atoms with Crippen molar-refractivity contribution in [3.05, 3.63) is 30.5 Å². The predicted molar refractivity (Wildman–Crippen MR) is 60.7 cm³/mol. The maximum atomic E-state index is 10.5. The molecule has 4 nitrogen and oxygen atoms in total. The molecule has 0 amide bonds. The van der Waals surface area contributed by atoms with Gasteiger partial charge in [-0.1, -0.05) is 12.1 Å². The summed E-state index contributed by atoms with van der Waals surface area (Å²) in [7, 11) is 1.61. The first-order valence-corrected chi connectivity index (χ1v) is 5.06. The molecule has 0 saturated carbocycles.